The third-order valence-electron chi connectivity index (χ3n) is 9.36. The molecule has 0 aliphatic carbocycles. The van der Waals surface area contributed by atoms with Crippen LogP contribution in [0.3, 0.4) is 0 Å². The van der Waals surface area contributed by atoms with Gasteiger partial charge in [0.15, 0.2) is 0 Å². The lowest BCUT2D eigenvalue weighted by atomic mass is 10.1. The van der Waals surface area contributed by atoms with E-state index >= 15 is 0 Å². The highest BCUT2D eigenvalue weighted by Gasteiger charge is 2.13. The molecule has 0 spiro atoms. The van der Waals surface area contributed by atoms with Crippen LogP contribution in [0.4, 0.5) is 0 Å². The smallest absolute Gasteiger partial charge is 0.234 e. The van der Waals surface area contributed by atoms with Crippen molar-refractivity contribution in [3.05, 3.63) is 11.8 Å². The summed E-state index contributed by atoms with van der Waals surface area (Å²) in [5.74, 6) is 1.31. The number of allylic oxidation sites excluding steroid dienone is 2. The average molecular weight is 682 g/mol. The van der Waals surface area contributed by atoms with Crippen LogP contribution in [-0.2, 0) is 9.53 Å². The highest BCUT2D eigenvalue weighted by Crippen LogP contribution is 2.12. The van der Waals surface area contributed by atoms with Gasteiger partial charge in [0.25, 0.3) is 0 Å². The van der Waals surface area contributed by atoms with Gasteiger partial charge in [-0.2, -0.15) is 0 Å². The van der Waals surface area contributed by atoms with Crippen LogP contribution < -0.4 is 5.32 Å². The molecule has 0 aliphatic heterocycles. The molecule has 0 aromatic carbocycles. The molecule has 1 amide bonds. The summed E-state index contributed by atoms with van der Waals surface area (Å²) in [5, 5.41) is 3.22. The summed E-state index contributed by atoms with van der Waals surface area (Å²) in [5.41, 5.74) is 0. The fraction of sp³-hybridized carbons (Fsp3) is 0.930. The molecule has 290 valence electrons. The molecule has 5 heteroatoms. The lowest BCUT2D eigenvalue weighted by molar-refractivity contribution is -0.122. The number of rotatable bonds is 37. The van der Waals surface area contributed by atoms with Crippen LogP contribution in [0.15, 0.2) is 11.8 Å². The van der Waals surface area contributed by atoms with Gasteiger partial charge >= 0.3 is 0 Å². The Bertz CT molecular complexity index is 661. The Morgan fingerprint density at radius 2 is 0.958 bits per heavy atom. The fourth-order valence-electron chi connectivity index (χ4n) is 6.16. The molecule has 0 atom stereocenters. The van der Waals surface area contributed by atoms with Gasteiger partial charge in [0.2, 0.25) is 5.91 Å². The van der Waals surface area contributed by atoms with Crippen LogP contribution in [0.1, 0.15) is 210 Å². The van der Waals surface area contributed by atoms with E-state index in [-0.39, 0.29) is 7.33 Å². The van der Waals surface area contributed by atoms with E-state index in [4.69, 9.17) is 4.74 Å². The van der Waals surface area contributed by atoms with Crippen molar-refractivity contribution in [1.29, 1.82) is 0 Å². The molecule has 0 heterocycles. The molecule has 0 radical (unpaired) electrons. The lowest BCUT2D eigenvalue weighted by Crippen LogP contribution is -2.42. The average Bonchev–Trinajstić information content (AvgIpc) is 3.10. The van der Waals surface area contributed by atoms with E-state index < -0.39 is 0 Å². The zero-order valence-electron chi connectivity index (χ0n) is 34.1. The normalized spacial score (nSPS) is 11.6. The summed E-state index contributed by atoms with van der Waals surface area (Å²) in [7, 11) is 0. The second-order valence-corrected chi connectivity index (χ2v) is 13.9. The van der Waals surface area contributed by atoms with Crippen LogP contribution in [0, 0.1) is 0 Å². The van der Waals surface area contributed by atoms with Gasteiger partial charge in [0, 0.05) is 27.5 Å². The Hall–Kier alpha value is -1.07. The maximum atomic E-state index is 13.0. The van der Waals surface area contributed by atoms with E-state index in [1.807, 2.05) is 13.8 Å². The Balaban J connectivity index is -0.00000691. The zero-order valence-corrected chi connectivity index (χ0v) is 34.1. The molecule has 1 N–H and O–H groups in total. The van der Waals surface area contributed by atoms with Gasteiger partial charge in [-0.15, -0.1) is 0 Å². The SMILES string of the molecule is C/C=C(\CCCC)OCCCCNC(=O)CN(CCCCCCCCC)CCN(CCCCCCCC)CCCCCCCCC.CC.[HH]. The number of nitrogens with one attached hydrogen (secondary N) is 1. The number of carbonyl (C=O) groups is 1. The topological polar surface area (TPSA) is 44.8 Å². The highest BCUT2D eigenvalue weighted by atomic mass is 16.5. The summed E-state index contributed by atoms with van der Waals surface area (Å²) in [6.45, 7) is 22.8. The van der Waals surface area contributed by atoms with Crippen molar-refractivity contribution < 1.29 is 11.0 Å². The molecular weight excluding hydrogens is 590 g/mol. The van der Waals surface area contributed by atoms with E-state index in [9.17, 15) is 4.79 Å². The standard InChI is InChI=1S/C41H83N3O2.C2H6.H2/c1-6-11-15-18-21-24-28-34-43(33-27-23-20-17-13-8-3)36-37-44(35-29-25-22-19-16-12-7-2)39-41(45)42-32-26-30-38-46-40(10-5)31-14-9-4;1-2;/h10H,6-9,11-39H2,1-5H3,(H,42,45);1-2H3;1H/b40-10+;;. The monoisotopic (exact) mass is 682 g/mol. The molecule has 0 aromatic rings. The largest absolute Gasteiger partial charge is 0.498 e. The second-order valence-electron chi connectivity index (χ2n) is 13.9. The summed E-state index contributed by atoms with van der Waals surface area (Å²) in [6.07, 6.45) is 34.4. The molecule has 48 heavy (non-hydrogen) atoms. The van der Waals surface area contributed by atoms with Crippen molar-refractivity contribution in [3.8, 4) is 0 Å². The van der Waals surface area contributed by atoms with E-state index in [1.165, 1.54) is 154 Å². The molecule has 5 nitrogen and oxygen atoms in total. The van der Waals surface area contributed by atoms with Crippen LogP contribution in [0.5, 0.6) is 0 Å². The molecule has 0 saturated carbocycles. The van der Waals surface area contributed by atoms with Crippen LogP contribution in [0.25, 0.3) is 0 Å². The van der Waals surface area contributed by atoms with Crippen molar-refractivity contribution in [2.75, 3.05) is 52.4 Å². The summed E-state index contributed by atoms with van der Waals surface area (Å²) in [4.78, 5) is 18.2. The first-order valence-electron chi connectivity index (χ1n) is 21.6. The maximum Gasteiger partial charge on any atom is 0.234 e. The molecule has 0 saturated heterocycles. The molecular formula is C43H91N3O2. The molecule has 0 fully saturated rings. The van der Waals surface area contributed by atoms with E-state index in [2.05, 4.69) is 55.8 Å². The first-order valence-corrected chi connectivity index (χ1v) is 21.6. The highest BCUT2D eigenvalue weighted by molar-refractivity contribution is 5.77. The molecule has 0 aromatic heterocycles. The van der Waals surface area contributed by atoms with Crippen LogP contribution >= 0.6 is 0 Å². The maximum absolute atomic E-state index is 13.0. The Kier molecular flexibility index (Phi) is 43.0. The predicted molar refractivity (Wildman–Crippen MR) is 217 cm³/mol. The molecule has 0 aliphatic rings. The van der Waals surface area contributed by atoms with Crippen molar-refractivity contribution in [3.63, 3.8) is 0 Å². The number of unbranched alkanes of at least 4 members (excludes halogenated alkanes) is 19. The van der Waals surface area contributed by atoms with Crippen molar-refractivity contribution in [2.24, 2.45) is 0 Å². The first kappa shape index (κ1) is 49.0. The predicted octanol–water partition coefficient (Wildman–Crippen LogP) is 12.7. The number of ether oxygens (including phenoxy) is 1. The Labute approximate surface area is 304 Å². The fourth-order valence-corrected chi connectivity index (χ4v) is 6.16. The van der Waals surface area contributed by atoms with Crippen LogP contribution in [-0.4, -0.2) is 68.1 Å². The minimum absolute atomic E-state index is 0. The number of hydrogen-bond donors (Lipinski definition) is 1. The van der Waals surface area contributed by atoms with E-state index in [1.54, 1.807) is 0 Å². The Morgan fingerprint density at radius 3 is 1.42 bits per heavy atom. The quantitative estimate of drug-likeness (QED) is 0.0523. The number of carbonyl (C=O) groups excluding carboxylic acids is 1. The second kappa shape index (κ2) is 42.1. The summed E-state index contributed by atoms with van der Waals surface area (Å²) < 4.78 is 5.95. The molecule has 0 bridgehead atoms. The third-order valence-corrected chi connectivity index (χ3v) is 9.36. The Morgan fingerprint density at radius 1 is 0.542 bits per heavy atom. The van der Waals surface area contributed by atoms with Crippen molar-refractivity contribution >= 4 is 5.91 Å². The molecule has 0 rings (SSSR count). The number of amides is 1. The van der Waals surface area contributed by atoms with Gasteiger partial charge in [0.1, 0.15) is 0 Å². The number of hydrogen-bond acceptors (Lipinski definition) is 4. The van der Waals surface area contributed by atoms with Gasteiger partial charge < -0.3 is 15.0 Å². The number of nitrogens with zero attached hydrogens (tertiary/aromatic N) is 2. The minimum Gasteiger partial charge on any atom is -0.498 e. The van der Waals surface area contributed by atoms with Gasteiger partial charge in [-0.3, -0.25) is 9.69 Å². The minimum atomic E-state index is 0. The van der Waals surface area contributed by atoms with Gasteiger partial charge in [0.05, 0.1) is 18.9 Å². The van der Waals surface area contributed by atoms with Crippen molar-refractivity contribution in [1.82, 2.24) is 15.1 Å². The van der Waals surface area contributed by atoms with E-state index in [0.29, 0.717) is 6.54 Å². The third kappa shape index (κ3) is 36.2. The van der Waals surface area contributed by atoms with Gasteiger partial charge in [-0.05, 0) is 71.2 Å². The molecule has 0 unspecified atom stereocenters. The van der Waals surface area contributed by atoms with Crippen LogP contribution in [0.2, 0.25) is 0 Å². The van der Waals surface area contributed by atoms with Gasteiger partial charge in [-0.1, -0.05) is 157 Å². The van der Waals surface area contributed by atoms with Crippen molar-refractivity contribution in [2.45, 2.75) is 209 Å². The first-order chi connectivity index (χ1) is 23.6. The summed E-state index contributed by atoms with van der Waals surface area (Å²) >= 11 is 0. The zero-order chi connectivity index (χ0) is 35.8. The van der Waals surface area contributed by atoms with Gasteiger partial charge in [-0.25, -0.2) is 0 Å². The van der Waals surface area contributed by atoms with E-state index in [0.717, 1.165) is 57.8 Å². The lowest BCUT2D eigenvalue weighted by Gasteiger charge is -2.28. The summed E-state index contributed by atoms with van der Waals surface area (Å²) in [6, 6.07) is 0.